The Hall–Kier alpha value is -3.25. The molecule has 0 fully saturated rings. The third kappa shape index (κ3) is 3.52. The molecule has 136 valence electrons. The second-order valence-corrected chi connectivity index (χ2v) is 6.38. The van der Waals surface area contributed by atoms with Gasteiger partial charge in [-0.25, -0.2) is 10.3 Å². The first-order valence-electron chi connectivity index (χ1n) is 8.89. The largest absolute Gasteiger partial charge is 0.343 e. The number of carbonyl (C=O) groups excluding carboxylic acids is 1. The van der Waals surface area contributed by atoms with Crippen molar-refractivity contribution in [3.8, 4) is 22.5 Å². The molecule has 2 amide bonds. The summed E-state index contributed by atoms with van der Waals surface area (Å²) in [6, 6.07) is 13.5. The summed E-state index contributed by atoms with van der Waals surface area (Å²) in [5.41, 5.74) is 9.18. The van der Waals surface area contributed by atoms with Gasteiger partial charge < -0.3 is 5.32 Å². The number of aromatic nitrogens is 2. The average Bonchev–Trinajstić information content (AvgIpc) is 3.18. The highest BCUT2D eigenvalue weighted by Crippen LogP contribution is 2.38. The summed E-state index contributed by atoms with van der Waals surface area (Å²) >= 11 is 0. The van der Waals surface area contributed by atoms with Gasteiger partial charge in [0, 0.05) is 18.0 Å². The quantitative estimate of drug-likeness (QED) is 0.690. The topological polar surface area (TPSA) is 76.1 Å². The summed E-state index contributed by atoms with van der Waals surface area (Å²) in [5.74, 6) is 0. The van der Waals surface area contributed by atoms with Gasteiger partial charge in [0.15, 0.2) is 0 Å². The predicted octanol–water partition coefficient (Wildman–Crippen LogP) is 3.98. The van der Waals surface area contributed by atoms with Crippen LogP contribution in [0.4, 0.5) is 10.5 Å². The Kier molecular flexibility index (Phi) is 4.80. The number of fused-ring (bicyclic) bond motifs is 1. The third-order valence-corrected chi connectivity index (χ3v) is 4.71. The summed E-state index contributed by atoms with van der Waals surface area (Å²) < 4.78 is 0. The number of urea groups is 1. The SMILES string of the molecule is CONC(=O)Nc1c(-c2ccnc(-c3ccccn3)c2)ccc2c1CCC2. The summed E-state index contributed by atoms with van der Waals surface area (Å²) in [4.78, 5) is 25.7. The Morgan fingerprint density at radius 2 is 1.93 bits per heavy atom. The molecule has 2 aromatic heterocycles. The fraction of sp³-hybridized carbons (Fsp3) is 0.190. The molecule has 6 heteroatoms. The molecular formula is C21H20N4O2. The van der Waals surface area contributed by atoms with Crippen LogP contribution >= 0.6 is 0 Å². The van der Waals surface area contributed by atoms with E-state index in [9.17, 15) is 4.79 Å². The lowest BCUT2D eigenvalue weighted by Gasteiger charge is -2.16. The normalized spacial score (nSPS) is 12.5. The summed E-state index contributed by atoms with van der Waals surface area (Å²) in [5, 5.41) is 2.96. The van der Waals surface area contributed by atoms with E-state index in [0.717, 1.165) is 47.5 Å². The van der Waals surface area contributed by atoms with E-state index in [1.54, 1.807) is 12.4 Å². The van der Waals surface area contributed by atoms with Crippen molar-refractivity contribution >= 4 is 11.7 Å². The van der Waals surface area contributed by atoms with Gasteiger partial charge in [0.2, 0.25) is 0 Å². The molecule has 0 saturated carbocycles. The van der Waals surface area contributed by atoms with E-state index >= 15 is 0 Å². The van der Waals surface area contributed by atoms with E-state index in [2.05, 4.69) is 32.9 Å². The number of rotatable bonds is 4. The van der Waals surface area contributed by atoms with Crippen LogP contribution in [0.5, 0.6) is 0 Å². The highest BCUT2D eigenvalue weighted by atomic mass is 16.6. The smallest absolute Gasteiger partial charge is 0.305 e. The number of hydrogen-bond acceptors (Lipinski definition) is 4. The van der Waals surface area contributed by atoms with Gasteiger partial charge in [0.25, 0.3) is 0 Å². The van der Waals surface area contributed by atoms with Gasteiger partial charge >= 0.3 is 6.03 Å². The standard InChI is InChI=1S/C21H20N4O2/c1-27-25-21(26)24-20-16-6-4-5-14(16)8-9-17(20)15-10-12-23-19(13-15)18-7-2-3-11-22-18/h2-3,7-13H,4-6H2,1H3,(H2,24,25,26). The zero-order chi connectivity index (χ0) is 18.6. The van der Waals surface area contributed by atoms with Crippen LogP contribution in [0.15, 0.2) is 54.9 Å². The van der Waals surface area contributed by atoms with Crippen LogP contribution in [0, 0.1) is 0 Å². The molecule has 2 heterocycles. The van der Waals surface area contributed by atoms with Crippen molar-refractivity contribution in [2.75, 3.05) is 12.4 Å². The number of nitrogens with zero attached hydrogens (tertiary/aromatic N) is 2. The van der Waals surface area contributed by atoms with Crippen molar-refractivity contribution in [1.82, 2.24) is 15.4 Å². The minimum absolute atomic E-state index is 0.391. The zero-order valence-corrected chi connectivity index (χ0v) is 15.0. The first-order chi connectivity index (χ1) is 13.3. The number of anilines is 1. The molecule has 4 rings (SSSR count). The average molecular weight is 360 g/mol. The lowest BCUT2D eigenvalue weighted by Crippen LogP contribution is -2.28. The molecule has 0 saturated heterocycles. The molecule has 0 atom stereocenters. The van der Waals surface area contributed by atoms with Crippen LogP contribution in [-0.4, -0.2) is 23.1 Å². The molecule has 6 nitrogen and oxygen atoms in total. The van der Waals surface area contributed by atoms with Gasteiger partial charge in [0.05, 0.1) is 24.2 Å². The van der Waals surface area contributed by atoms with Crippen LogP contribution in [0.25, 0.3) is 22.5 Å². The van der Waals surface area contributed by atoms with Gasteiger partial charge in [0.1, 0.15) is 0 Å². The molecule has 0 unspecified atom stereocenters. The number of carbonyl (C=O) groups is 1. The van der Waals surface area contributed by atoms with Gasteiger partial charge in [-0.15, -0.1) is 0 Å². The number of nitrogens with one attached hydrogen (secondary N) is 2. The number of pyridine rings is 2. The molecule has 3 aromatic rings. The Morgan fingerprint density at radius 1 is 1.04 bits per heavy atom. The van der Waals surface area contributed by atoms with Crippen molar-refractivity contribution in [2.24, 2.45) is 0 Å². The predicted molar refractivity (Wildman–Crippen MR) is 104 cm³/mol. The summed E-state index contributed by atoms with van der Waals surface area (Å²) in [7, 11) is 1.41. The minimum atomic E-state index is -0.391. The van der Waals surface area contributed by atoms with Crippen molar-refractivity contribution < 1.29 is 9.63 Å². The maximum Gasteiger partial charge on any atom is 0.343 e. The Labute approximate surface area is 157 Å². The molecule has 2 N–H and O–H groups in total. The summed E-state index contributed by atoms with van der Waals surface area (Å²) in [6.07, 6.45) is 6.59. The first-order valence-corrected chi connectivity index (χ1v) is 8.89. The first kappa shape index (κ1) is 17.2. The van der Waals surface area contributed by atoms with E-state index in [-0.39, 0.29) is 0 Å². The van der Waals surface area contributed by atoms with Gasteiger partial charge in [-0.3, -0.25) is 14.8 Å². The Balaban J connectivity index is 1.79. The fourth-order valence-corrected chi connectivity index (χ4v) is 3.53. The van der Waals surface area contributed by atoms with Crippen molar-refractivity contribution in [1.29, 1.82) is 0 Å². The number of amides is 2. The van der Waals surface area contributed by atoms with Crippen LogP contribution in [0.2, 0.25) is 0 Å². The van der Waals surface area contributed by atoms with Gasteiger partial charge in [-0.1, -0.05) is 18.2 Å². The summed E-state index contributed by atoms with van der Waals surface area (Å²) in [6.45, 7) is 0. The Morgan fingerprint density at radius 3 is 2.74 bits per heavy atom. The highest BCUT2D eigenvalue weighted by molar-refractivity contribution is 5.96. The minimum Gasteiger partial charge on any atom is -0.305 e. The van der Waals surface area contributed by atoms with Crippen molar-refractivity contribution in [3.63, 3.8) is 0 Å². The van der Waals surface area contributed by atoms with E-state index in [0.29, 0.717) is 0 Å². The fourth-order valence-electron chi connectivity index (χ4n) is 3.53. The zero-order valence-electron chi connectivity index (χ0n) is 15.0. The lowest BCUT2D eigenvalue weighted by molar-refractivity contribution is 0.114. The van der Waals surface area contributed by atoms with E-state index < -0.39 is 6.03 Å². The number of aryl methyl sites for hydroxylation is 1. The second-order valence-electron chi connectivity index (χ2n) is 6.38. The van der Waals surface area contributed by atoms with Crippen molar-refractivity contribution in [3.05, 3.63) is 66.0 Å². The van der Waals surface area contributed by atoms with E-state index in [1.807, 2.05) is 30.3 Å². The van der Waals surface area contributed by atoms with Crippen molar-refractivity contribution in [2.45, 2.75) is 19.3 Å². The molecule has 0 radical (unpaired) electrons. The van der Waals surface area contributed by atoms with Crippen LogP contribution in [-0.2, 0) is 17.7 Å². The molecule has 0 spiro atoms. The van der Waals surface area contributed by atoms with Gasteiger partial charge in [-0.2, -0.15) is 0 Å². The molecule has 27 heavy (non-hydrogen) atoms. The number of hydrogen-bond donors (Lipinski definition) is 2. The molecule has 1 aliphatic carbocycles. The number of hydroxylamine groups is 1. The molecule has 1 aliphatic rings. The highest BCUT2D eigenvalue weighted by Gasteiger charge is 2.20. The van der Waals surface area contributed by atoms with Gasteiger partial charge in [-0.05, 0) is 60.2 Å². The van der Waals surface area contributed by atoms with E-state index in [4.69, 9.17) is 4.84 Å². The van der Waals surface area contributed by atoms with Crippen LogP contribution in [0.1, 0.15) is 17.5 Å². The number of benzene rings is 1. The second kappa shape index (κ2) is 7.55. The van der Waals surface area contributed by atoms with E-state index in [1.165, 1.54) is 18.2 Å². The van der Waals surface area contributed by atoms with Crippen LogP contribution < -0.4 is 10.8 Å². The third-order valence-electron chi connectivity index (χ3n) is 4.71. The molecule has 0 aliphatic heterocycles. The molecular weight excluding hydrogens is 340 g/mol. The maximum absolute atomic E-state index is 12.1. The van der Waals surface area contributed by atoms with Crippen LogP contribution in [0.3, 0.4) is 0 Å². The molecule has 0 bridgehead atoms. The lowest BCUT2D eigenvalue weighted by atomic mass is 9.97. The molecule has 1 aromatic carbocycles. The maximum atomic E-state index is 12.1. The Bertz CT molecular complexity index is 973. The monoisotopic (exact) mass is 360 g/mol.